The molecule has 6 aliphatic rings. The smallest absolute Gasteiger partial charge is 0.338 e. The Labute approximate surface area is 255 Å². The second kappa shape index (κ2) is 9.56. The number of carbonyl (C=O) groups is 1. The van der Waals surface area contributed by atoms with E-state index in [1.165, 1.54) is 38.5 Å². The number of methoxy groups -OCH3 is 1. The van der Waals surface area contributed by atoms with Crippen molar-refractivity contribution in [2.24, 2.45) is 62.6 Å². The maximum Gasteiger partial charge on any atom is 0.338 e. The van der Waals surface area contributed by atoms with E-state index in [4.69, 9.17) is 14.2 Å². The second-order valence-corrected chi connectivity index (χ2v) is 17.2. The van der Waals surface area contributed by atoms with Crippen molar-refractivity contribution in [1.82, 2.24) is 0 Å². The summed E-state index contributed by atoms with van der Waals surface area (Å²) in [7, 11) is 1.90. The van der Waals surface area contributed by atoms with Crippen molar-refractivity contribution < 1.29 is 19.0 Å². The van der Waals surface area contributed by atoms with E-state index in [2.05, 4.69) is 48.5 Å². The highest BCUT2D eigenvalue weighted by Gasteiger charge is 2.75. The van der Waals surface area contributed by atoms with Gasteiger partial charge in [-0.1, -0.05) is 66.7 Å². The zero-order valence-corrected chi connectivity index (χ0v) is 27.6. The van der Waals surface area contributed by atoms with E-state index in [1.807, 2.05) is 37.4 Å². The molecule has 4 nitrogen and oxygen atoms in total. The van der Waals surface area contributed by atoms with Gasteiger partial charge in [0.25, 0.3) is 0 Å². The van der Waals surface area contributed by atoms with Crippen LogP contribution in [0.3, 0.4) is 0 Å². The summed E-state index contributed by atoms with van der Waals surface area (Å²) in [5.74, 6) is 3.74. The fourth-order valence-corrected chi connectivity index (χ4v) is 13.4. The first kappa shape index (κ1) is 29.3. The van der Waals surface area contributed by atoms with Crippen LogP contribution in [-0.2, 0) is 14.2 Å². The molecule has 13 unspecified atom stereocenters. The van der Waals surface area contributed by atoms with Gasteiger partial charge in [0.1, 0.15) is 6.10 Å². The summed E-state index contributed by atoms with van der Waals surface area (Å²) in [4.78, 5) is 13.2. The Morgan fingerprint density at radius 3 is 2.29 bits per heavy atom. The van der Waals surface area contributed by atoms with Crippen molar-refractivity contribution in [3.05, 3.63) is 35.9 Å². The van der Waals surface area contributed by atoms with Gasteiger partial charge in [0, 0.05) is 17.9 Å². The third-order valence-electron chi connectivity index (χ3n) is 15.8. The summed E-state index contributed by atoms with van der Waals surface area (Å²) in [5.41, 5.74) is 1.53. The number of hydrogen-bond acceptors (Lipinski definition) is 4. The first-order valence-corrected chi connectivity index (χ1v) is 17.3. The molecule has 0 radical (unpaired) electrons. The molecular weight excluding hydrogens is 520 g/mol. The lowest BCUT2D eigenvalue weighted by Crippen LogP contribution is -2.74. The van der Waals surface area contributed by atoms with E-state index in [9.17, 15) is 4.79 Å². The third-order valence-corrected chi connectivity index (χ3v) is 15.8. The number of ether oxygens (including phenoxy) is 3. The van der Waals surface area contributed by atoms with Crippen LogP contribution in [0.4, 0.5) is 0 Å². The van der Waals surface area contributed by atoms with Gasteiger partial charge in [0.05, 0.1) is 11.7 Å². The van der Waals surface area contributed by atoms with Crippen LogP contribution in [0.2, 0.25) is 0 Å². The fourth-order valence-electron chi connectivity index (χ4n) is 13.4. The first-order chi connectivity index (χ1) is 19.8. The van der Waals surface area contributed by atoms with Crippen molar-refractivity contribution in [3.8, 4) is 0 Å². The molecule has 4 heteroatoms. The van der Waals surface area contributed by atoms with E-state index < -0.39 is 0 Å². The largest absolute Gasteiger partial charge is 0.458 e. The van der Waals surface area contributed by atoms with Gasteiger partial charge in [-0.3, -0.25) is 0 Å². The third kappa shape index (κ3) is 3.63. The van der Waals surface area contributed by atoms with Crippen LogP contribution in [0.1, 0.15) is 117 Å². The predicted octanol–water partition coefficient (Wildman–Crippen LogP) is 8.93. The molecule has 1 aromatic carbocycles. The average molecular weight is 577 g/mol. The summed E-state index contributed by atoms with van der Waals surface area (Å²) in [6.45, 7) is 17.9. The van der Waals surface area contributed by atoms with Crippen LogP contribution in [0, 0.1) is 62.6 Å². The fraction of sp³-hybridized carbons (Fsp3) is 0.816. The minimum absolute atomic E-state index is 0.0526. The second-order valence-electron chi connectivity index (χ2n) is 17.2. The molecule has 1 saturated heterocycles. The molecular formula is C38H56O4. The lowest BCUT2D eigenvalue weighted by Gasteiger charge is -2.77. The number of fused-ring (bicyclic) bond motifs is 4. The van der Waals surface area contributed by atoms with Gasteiger partial charge >= 0.3 is 5.97 Å². The normalized spacial score (nSPS) is 52.3. The zero-order valence-electron chi connectivity index (χ0n) is 27.6. The Morgan fingerprint density at radius 1 is 0.833 bits per heavy atom. The Kier molecular flexibility index (Phi) is 6.67. The van der Waals surface area contributed by atoms with E-state index in [0.29, 0.717) is 40.6 Å². The summed E-state index contributed by atoms with van der Waals surface area (Å²) in [5, 5.41) is 0. The number of benzene rings is 1. The Hall–Kier alpha value is -1.39. The van der Waals surface area contributed by atoms with Crippen molar-refractivity contribution in [2.45, 2.75) is 125 Å². The molecule has 232 valence electrons. The predicted molar refractivity (Wildman–Crippen MR) is 166 cm³/mol. The van der Waals surface area contributed by atoms with Gasteiger partial charge in [-0.15, -0.1) is 0 Å². The summed E-state index contributed by atoms with van der Waals surface area (Å²) < 4.78 is 19.8. The van der Waals surface area contributed by atoms with Gasteiger partial charge in [0.2, 0.25) is 0 Å². The molecule has 5 aliphatic carbocycles. The monoisotopic (exact) mass is 576 g/mol. The molecule has 0 amide bonds. The highest BCUT2D eigenvalue weighted by Crippen LogP contribution is 2.79. The van der Waals surface area contributed by atoms with Crippen LogP contribution in [0.5, 0.6) is 0 Å². The number of hydrogen-bond donors (Lipinski definition) is 0. The van der Waals surface area contributed by atoms with E-state index in [-0.39, 0.29) is 46.1 Å². The molecule has 42 heavy (non-hydrogen) atoms. The maximum atomic E-state index is 13.2. The minimum atomic E-state index is -0.173. The summed E-state index contributed by atoms with van der Waals surface area (Å²) in [6, 6.07) is 9.54. The molecule has 7 rings (SSSR count). The van der Waals surface area contributed by atoms with Crippen LogP contribution in [-0.4, -0.2) is 31.6 Å². The Morgan fingerprint density at radius 2 is 1.57 bits per heavy atom. The molecule has 1 aromatic rings. The topological polar surface area (TPSA) is 44.8 Å². The first-order valence-electron chi connectivity index (χ1n) is 17.3. The van der Waals surface area contributed by atoms with Crippen LogP contribution in [0.15, 0.2) is 30.3 Å². The summed E-state index contributed by atoms with van der Waals surface area (Å²) >= 11 is 0. The molecule has 13 atom stereocenters. The van der Waals surface area contributed by atoms with E-state index in [0.717, 1.165) is 25.2 Å². The molecule has 6 fully saturated rings. The van der Waals surface area contributed by atoms with Crippen LogP contribution in [0.25, 0.3) is 0 Å². The van der Waals surface area contributed by atoms with Gasteiger partial charge < -0.3 is 14.2 Å². The minimum Gasteiger partial charge on any atom is -0.458 e. The van der Waals surface area contributed by atoms with Gasteiger partial charge in [-0.2, -0.15) is 0 Å². The number of esters is 1. The highest BCUT2D eigenvalue weighted by atomic mass is 16.7. The number of carbonyl (C=O) groups excluding carboxylic acids is 1. The molecule has 1 aliphatic heterocycles. The quantitative estimate of drug-likeness (QED) is 0.337. The van der Waals surface area contributed by atoms with Crippen LogP contribution >= 0.6 is 0 Å². The molecule has 1 heterocycles. The molecule has 2 bridgehead atoms. The van der Waals surface area contributed by atoms with Gasteiger partial charge in [-0.25, -0.2) is 4.79 Å². The van der Waals surface area contributed by atoms with Crippen molar-refractivity contribution in [3.63, 3.8) is 0 Å². The highest BCUT2D eigenvalue weighted by molar-refractivity contribution is 5.89. The Bertz CT molecular complexity index is 1210. The van der Waals surface area contributed by atoms with Gasteiger partial charge in [-0.05, 0) is 122 Å². The zero-order chi connectivity index (χ0) is 29.9. The molecule has 0 aromatic heterocycles. The summed E-state index contributed by atoms with van der Waals surface area (Å²) in [6.07, 6.45) is 11.0. The van der Waals surface area contributed by atoms with E-state index >= 15 is 0 Å². The maximum absolute atomic E-state index is 13.2. The Balaban J connectivity index is 1.23. The number of rotatable bonds is 3. The van der Waals surface area contributed by atoms with Crippen LogP contribution < -0.4 is 0 Å². The van der Waals surface area contributed by atoms with E-state index in [1.54, 1.807) is 0 Å². The average Bonchev–Trinajstić information content (AvgIpc) is 2.96. The molecule has 0 N–H and O–H groups in total. The standard InChI is InChI=1S/C38H56O4/c1-23-14-19-38-21-20-37(7)31(30(38)24(23)2)26(41-33(38)40-8)22-28-35(5)17-16-29(42-32(39)25-12-10-9-11-13-25)34(3,4)27(35)15-18-36(28,37)6/h9-13,23-24,26-31,33H,14-22H2,1-8H3. The van der Waals surface area contributed by atoms with Gasteiger partial charge in [0.15, 0.2) is 6.29 Å². The lowest BCUT2D eigenvalue weighted by molar-refractivity contribution is -0.379. The van der Waals surface area contributed by atoms with Crippen molar-refractivity contribution in [1.29, 1.82) is 0 Å². The lowest BCUT2D eigenvalue weighted by atomic mass is 9.30. The SMILES string of the molecule is COC1OC2CC3C4(C)CCC(OC(=O)c5ccccc5)C(C)(C)C4CCC3(C)C3(C)CCC14CCC(C)C(C)C4C23. The molecule has 0 spiro atoms. The molecule has 5 saturated carbocycles. The van der Waals surface area contributed by atoms with Crippen molar-refractivity contribution in [2.75, 3.05) is 7.11 Å². The van der Waals surface area contributed by atoms with Crippen molar-refractivity contribution >= 4 is 5.97 Å².